The summed E-state index contributed by atoms with van der Waals surface area (Å²) in [6.45, 7) is 6.61. The van der Waals surface area contributed by atoms with E-state index in [0.717, 1.165) is 0 Å². The van der Waals surface area contributed by atoms with Crippen molar-refractivity contribution in [2.45, 2.75) is 46.5 Å². The second-order valence-electron chi connectivity index (χ2n) is 3.71. The highest BCUT2D eigenvalue weighted by atomic mass is 14.0. The number of hydrogen-bond acceptors (Lipinski definition) is 0. The summed E-state index contributed by atoms with van der Waals surface area (Å²) in [6.07, 6.45) is 4.76. The number of rotatable bonds is 4. The fraction of sp³-hybridized carbons (Fsp3) is 0.538. The van der Waals surface area contributed by atoms with Crippen molar-refractivity contribution in [1.82, 2.24) is 0 Å². The number of aryl methyl sites for hydroxylation is 3. The topological polar surface area (TPSA) is 0 Å². The largest absolute Gasteiger partial charge is 0.0651 e. The first-order valence-electron chi connectivity index (χ1n) is 5.28. The molecule has 0 aliphatic heterocycles. The van der Waals surface area contributed by atoms with E-state index in [2.05, 4.69) is 39.0 Å². The lowest BCUT2D eigenvalue weighted by Crippen LogP contribution is -1.91. The van der Waals surface area contributed by atoms with E-state index in [1.807, 2.05) is 0 Å². The van der Waals surface area contributed by atoms with Crippen LogP contribution in [0.25, 0.3) is 0 Å². The van der Waals surface area contributed by atoms with E-state index in [9.17, 15) is 0 Å². The molecule has 0 heterocycles. The molecule has 1 aromatic rings. The Labute approximate surface area is 82.0 Å². The summed E-state index contributed by atoms with van der Waals surface area (Å²) in [4.78, 5) is 0. The quantitative estimate of drug-likeness (QED) is 0.654. The molecule has 0 atom stereocenters. The minimum Gasteiger partial charge on any atom is -0.0651 e. The van der Waals surface area contributed by atoms with Gasteiger partial charge in [0.2, 0.25) is 0 Å². The first kappa shape index (κ1) is 10.3. The van der Waals surface area contributed by atoms with Crippen LogP contribution in [-0.2, 0) is 12.8 Å². The zero-order valence-corrected chi connectivity index (χ0v) is 8.98. The van der Waals surface area contributed by atoms with Crippen LogP contribution in [0.15, 0.2) is 12.1 Å². The van der Waals surface area contributed by atoms with Crippen LogP contribution in [0.5, 0.6) is 0 Å². The maximum atomic E-state index is 3.49. The summed E-state index contributed by atoms with van der Waals surface area (Å²) in [5.41, 5.74) is 4.14. The van der Waals surface area contributed by atoms with E-state index in [0.29, 0.717) is 0 Å². The van der Waals surface area contributed by atoms with Crippen LogP contribution in [0.4, 0.5) is 0 Å². The average Bonchev–Trinajstić information content (AvgIpc) is 2.04. The molecular formula is C13H19. The van der Waals surface area contributed by atoms with E-state index < -0.39 is 0 Å². The van der Waals surface area contributed by atoms with E-state index in [1.165, 1.54) is 42.4 Å². The molecule has 0 amide bonds. The molecule has 0 saturated carbocycles. The average molecular weight is 175 g/mol. The van der Waals surface area contributed by atoms with Gasteiger partial charge in [-0.3, -0.25) is 0 Å². The Morgan fingerprint density at radius 1 is 1.00 bits per heavy atom. The van der Waals surface area contributed by atoms with Crippen LogP contribution in [-0.4, -0.2) is 0 Å². The fourth-order valence-electron chi connectivity index (χ4n) is 1.68. The normalized spacial score (nSPS) is 10.4. The van der Waals surface area contributed by atoms with E-state index in [1.54, 1.807) is 0 Å². The lowest BCUT2D eigenvalue weighted by Gasteiger charge is -2.04. The highest BCUT2D eigenvalue weighted by molar-refractivity contribution is 5.28. The molecule has 0 spiro atoms. The van der Waals surface area contributed by atoms with Crippen molar-refractivity contribution in [3.63, 3.8) is 0 Å². The van der Waals surface area contributed by atoms with Crippen molar-refractivity contribution in [1.29, 1.82) is 0 Å². The first-order chi connectivity index (χ1) is 6.26. The van der Waals surface area contributed by atoms with Crippen molar-refractivity contribution in [2.24, 2.45) is 0 Å². The molecule has 1 rings (SSSR count). The van der Waals surface area contributed by atoms with Gasteiger partial charge in [0, 0.05) is 0 Å². The molecule has 1 aromatic carbocycles. The molecule has 71 valence electrons. The van der Waals surface area contributed by atoms with Gasteiger partial charge in [0.05, 0.1) is 0 Å². The Balaban J connectivity index is 2.83. The van der Waals surface area contributed by atoms with Crippen molar-refractivity contribution >= 4 is 0 Å². The van der Waals surface area contributed by atoms with Crippen molar-refractivity contribution in [3.05, 3.63) is 34.9 Å². The summed E-state index contributed by atoms with van der Waals surface area (Å²) < 4.78 is 0. The third kappa shape index (κ3) is 3.22. The Hall–Kier alpha value is -0.780. The predicted octanol–water partition coefficient (Wildman–Crippen LogP) is 3.70. The molecule has 0 aliphatic carbocycles. The molecule has 13 heavy (non-hydrogen) atoms. The lowest BCUT2D eigenvalue weighted by molar-refractivity contribution is 0.889. The first-order valence-corrected chi connectivity index (χ1v) is 5.28. The Bertz CT molecular complexity index is 236. The summed E-state index contributed by atoms with van der Waals surface area (Å²) in [6, 6.07) is 7.99. The highest BCUT2D eigenvalue weighted by Gasteiger charge is 1.97. The third-order valence-corrected chi connectivity index (χ3v) is 2.16. The molecule has 0 aliphatic rings. The summed E-state index contributed by atoms with van der Waals surface area (Å²) in [5.74, 6) is 0. The molecule has 0 bridgehead atoms. The van der Waals surface area contributed by atoms with Gasteiger partial charge < -0.3 is 0 Å². The summed E-state index contributed by atoms with van der Waals surface area (Å²) in [5, 5.41) is 0. The van der Waals surface area contributed by atoms with Crippen LogP contribution in [0.1, 0.15) is 43.4 Å². The third-order valence-electron chi connectivity index (χ3n) is 2.16. The van der Waals surface area contributed by atoms with Gasteiger partial charge in [0.15, 0.2) is 0 Å². The van der Waals surface area contributed by atoms with Crippen molar-refractivity contribution in [2.75, 3.05) is 0 Å². The van der Waals surface area contributed by atoms with E-state index >= 15 is 0 Å². The minimum absolute atomic E-state index is 1.17. The molecule has 0 saturated heterocycles. The van der Waals surface area contributed by atoms with Crippen LogP contribution in [0.3, 0.4) is 0 Å². The van der Waals surface area contributed by atoms with E-state index in [-0.39, 0.29) is 0 Å². The fourth-order valence-corrected chi connectivity index (χ4v) is 1.68. The maximum absolute atomic E-state index is 3.49. The van der Waals surface area contributed by atoms with Gasteiger partial charge >= 0.3 is 0 Å². The molecule has 0 fully saturated rings. The lowest BCUT2D eigenvalue weighted by atomic mass is 10.0. The van der Waals surface area contributed by atoms with Gasteiger partial charge in [0.25, 0.3) is 0 Å². The minimum atomic E-state index is 1.17. The Morgan fingerprint density at radius 2 is 1.46 bits per heavy atom. The van der Waals surface area contributed by atoms with Crippen LogP contribution < -0.4 is 0 Å². The zero-order valence-electron chi connectivity index (χ0n) is 8.98. The van der Waals surface area contributed by atoms with Gasteiger partial charge in [-0.15, -0.1) is 0 Å². The van der Waals surface area contributed by atoms with Gasteiger partial charge in [-0.1, -0.05) is 44.4 Å². The maximum Gasteiger partial charge on any atom is -0.0114 e. The second-order valence-corrected chi connectivity index (χ2v) is 3.71. The monoisotopic (exact) mass is 175 g/mol. The second kappa shape index (κ2) is 5.06. The van der Waals surface area contributed by atoms with Crippen molar-refractivity contribution < 1.29 is 0 Å². The summed E-state index contributed by atoms with van der Waals surface area (Å²) >= 11 is 0. The molecule has 0 nitrogen and oxygen atoms in total. The smallest absolute Gasteiger partial charge is 0.0114 e. The highest BCUT2D eigenvalue weighted by Crippen LogP contribution is 2.12. The molecule has 0 N–H and O–H groups in total. The van der Waals surface area contributed by atoms with Gasteiger partial charge in [-0.25, -0.2) is 0 Å². The molecular weight excluding hydrogens is 156 g/mol. The predicted molar refractivity (Wildman–Crippen MR) is 58.0 cm³/mol. The summed E-state index contributed by atoms with van der Waals surface area (Å²) in [7, 11) is 0. The zero-order chi connectivity index (χ0) is 9.68. The van der Waals surface area contributed by atoms with Crippen molar-refractivity contribution in [3.8, 4) is 0 Å². The SMILES string of the molecule is CCCc1[c]c(CCC)cc(C)c1. The molecule has 1 radical (unpaired) electrons. The van der Waals surface area contributed by atoms with E-state index in [4.69, 9.17) is 0 Å². The molecule has 0 heteroatoms. The van der Waals surface area contributed by atoms with Crippen LogP contribution in [0, 0.1) is 13.0 Å². The molecule has 0 unspecified atom stereocenters. The standard InChI is InChI=1S/C13H19/c1-4-6-12-8-11(3)9-13(10-12)7-5-2/h8-9H,4-7H2,1-3H3. The van der Waals surface area contributed by atoms with Gasteiger partial charge in [-0.2, -0.15) is 0 Å². The Kier molecular flexibility index (Phi) is 4.01. The van der Waals surface area contributed by atoms with Crippen LogP contribution >= 0.6 is 0 Å². The van der Waals surface area contributed by atoms with Gasteiger partial charge in [-0.05, 0) is 37.0 Å². The van der Waals surface area contributed by atoms with Gasteiger partial charge in [0.1, 0.15) is 0 Å². The Morgan fingerprint density at radius 3 is 1.85 bits per heavy atom. The van der Waals surface area contributed by atoms with Crippen LogP contribution in [0.2, 0.25) is 0 Å². The number of hydrogen-bond donors (Lipinski definition) is 0. The molecule has 0 aromatic heterocycles. The number of benzene rings is 1.